The van der Waals surface area contributed by atoms with Gasteiger partial charge in [0.15, 0.2) is 5.13 Å². The van der Waals surface area contributed by atoms with Crippen molar-refractivity contribution in [1.82, 2.24) is 4.98 Å². The molecule has 1 N–H and O–H groups in total. The molecular weight excluding hydrogens is 504 g/mol. The summed E-state index contributed by atoms with van der Waals surface area (Å²) in [4.78, 5) is 45.2. The molecule has 196 valence electrons. The van der Waals surface area contributed by atoms with Gasteiger partial charge >= 0.3 is 11.9 Å². The van der Waals surface area contributed by atoms with Crippen LogP contribution < -0.4 is 9.64 Å². The first-order chi connectivity index (χ1) is 18.1. The molecule has 9 heteroatoms. The second-order valence-corrected chi connectivity index (χ2v) is 10.0. The van der Waals surface area contributed by atoms with Crippen LogP contribution in [0.4, 0.5) is 5.13 Å². The summed E-state index contributed by atoms with van der Waals surface area (Å²) in [7, 11) is 0. The first kappa shape index (κ1) is 26.8. The Labute approximate surface area is 224 Å². The number of carbonyl (C=O) groups excluding carboxylic acids is 3. The van der Waals surface area contributed by atoms with Crippen molar-refractivity contribution in [3.05, 3.63) is 94.0 Å². The highest BCUT2D eigenvalue weighted by atomic mass is 32.1. The SMILES string of the molecule is C=CCOC(=O)c1sc(N2C(=O)C(=O)/C(=C(/O)c3ccc(OC(C)C)cc3)C2c2ccc(C)cc2)nc1C. The fourth-order valence-electron chi connectivity index (χ4n) is 4.09. The smallest absolute Gasteiger partial charge is 0.350 e. The highest BCUT2D eigenvalue weighted by molar-refractivity contribution is 7.17. The van der Waals surface area contributed by atoms with Gasteiger partial charge in [-0.3, -0.25) is 14.5 Å². The van der Waals surface area contributed by atoms with Gasteiger partial charge in [0.2, 0.25) is 0 Å². The van der Waals surface area contributed by atoms with Crippen molar-refractivity contribution in [3.8, 4) is 5.75 Å². The number of anilines is 1. The lowest BCUT2D eigenvalue weighted by Gasteiger charge is -2.23. The van der Waals surface area contributed by atoms with Gasteiger partial charge in [0, 0.05) is 5.56 Å². The maximum atomic E-state index is 13.4. The third-order valence-corrected chi connectivity index (χ3v) is 6.98. The molecule has 1 atom stereocenters. The third kappa shape index (κ3) is 5.24. The monoisotopic (exact) mass is 532 g/mol. The van der Waals surface area contributed by atoms with Crippen LogP contribution in [-0.2, 0) is 14.3 Å². The summed E-state index contributed by atoms with van der Waals surface area (Å²) in [5.74, 6) is -2.00. The zero-order valence-corrected chi connectivity index (χ0v) is 22.4. The minimum absolute atomic E-state index is 0.0259. The lowest BCUT2D eigenvalue weighted by molar-refractivity contribution is -0.132. The van der Waals surface area contributed by atoms with Crippen LogP contribution in [0.3, 0.4) is 0 Å². The van der Waals surface area contributed by atoms with Gasteiger partial charge in [-0.1, -0.05) is 53.8 Å². The van der Waals surface area contributed by atoms with Gasteiger partial charge in [0.1, 0.15) is 23.0 Å². The Balaban J connectivity index is 1.83. The number of aliphatic hydroxyl groups excluding tert-OH is 1. The molecule has 2 heterocycles. The Bertz CT molecular complexity index is 1420. The van der Waals surface area contributed by atoms with E-state index in [1.165, 1.54) is 11.0 Å². The number of nitrogens with zero attached hydrogens (tertiary/aromatic N) is 2. The highest BCUT2D eigenvalue weighted by Gasteiger charge is 2.48. The average Bonchev–Trinajstić information content (AvgIpc) is 3.39. The molecule has 1 unspecified atom stereocenters. The summed E-state index contributed by atoms with van der Waals surface area (Å²) in [5, 5.41) is 11.5. The summed E-state index contributed by atoms with van der Waals surface area (Å²) < 4.78 is 10.8. The summed E-state index contributed by atoms with van der Waals surface area (Å²) in [6.07, 6.45) is 1.43. The lowest BCUT2D eigenvalue weighted by Crippen LogP contribution is -2.29. The quantitative estimate of drug-likeness (QED) is 0.134. The van der Waals surface area contributed by atoms with Crippen LogP contribution in [-0.4, -0.2) is 40.5 Å². The number of aryl methyl sites for hydroxylation is 2. The van der Waals surface area contributed by atoms with Gasteiger partial charge in [-0.15, -0.1) is 0 Å². The fraction of sp³-hybridized carbons (Fsp3) is 0.241. The van der Waals surface area contributed by atoms with Crippen molar-refractivity contribution in [2.45, 2.75) is 39.8 Å². The van der Waals surface area contributed by atoms with Crippen LogP contribution in [0.2, 0.25) is 0 Å². The number of esters is 1. The van der Waals surface area contributed by atoms with E-state index in [9.17, 15) is 19.5 Å². The van der Waals surface area contributed by atoms with Crippen molar-refractivity contribution in [3.63, 3.8) is 0 Å². The molecule has 0 aliphatic carbocycles. The second kappa shape index (κ2) is 11.0. The number of ketones is 1. The molecule has 4 rings (SSSR count). The number of ether oxygens (including phenoxy) is 2. The zero-order valence-electron chi connectivity index (χ0n) is 21.6. The van der Waals surface area contributed by atoms with E-state index in [0.29, 0.717) is 22.6 Å². The molecule has 1 aliphatic heterocycles. The van der Waals surface area contributed by atoms with Crippen molar-refractivity contribution in [2.24, 2.45) is 0 Å². The summed E-state index contributed by atoms with van der Waals surface area (Å²) in [6.45, 7) is 10.9. The maximum absolute atomic E-state index is 13.4. The largest absolute Gasteiger partial charge is 0.507 e. The Morgan fingerprint density at radius 3 is 2.39 bits per heavy atom. The van der Waals surface area contributed by atoms with Gasteiger partial charge in [0.05, 0.1) is 23.4 Å². The molecule has 0 bridgehead atoms. The molecule has 1 saturated heterocycles. The third-order valence-electron chi connectivity index (χ3n) is 5.85. The van der Waals surface area contributed by atoms with Crippen LogP contribution in [0, 0.1) is 13.8 Å². The molecule has 8 nitrogen and oxygen atoms in total. The lowest BCUT2D eigenvalue weighted by atomic mass is 9.95. The maximum Gasteiger partial charge on any atom is 0.350 e. The predicted molar refractivity (Wildman–Crippen MR) is 145 cm³/mol. The number of rotatable bonds is 8. The molecule has 38 heavy (non-hydrogen) atoms. The van der Waals surface area contributed by atoms with Gasteiger partial charge in [-0.2, -0.15) is 0 Å². The first-order valence-corrected chi connectivity index (χ1v) is 12.8. The number of aliphatic hydroxyl groups is 1. The molecule has 0 radical (unpaired) electrons. The number of thiazole rings is 1. The van der Waals surface area contributed by atoms with E-state index in [1.54, 1.807) is 43.3 Å². The number of aromatic nitrogens is 1. The molecule has 1 amide bonds. The topological polar surface area (TPSA) is 106 Å². The predicted octanol–water partition coefficient (Wildman–Crippen LogP) is 5.52. The summed E-state index contributed by atoms with van der Waals surface area (Å²) in [6, 6.07) is 13.0. The molecular formula is C29H28N2O6S. The standard InChI is InChI=1S/C29H28N2O6S/c1-6-15-36-28(35)26-18(5)30-29(38-26)31-23(19-9-7-17(4)8-10-19)22(25(33)27(31)34)24(32)20-11-13-21(14-12-20)37-16(2)3/h6-14,16,23,32H,1,15H2,2-5H3/b24-22+. The number of hydrogen-bond donors (Lipinski definition) is 1. The first-order valence-electron chi connectivity index (χ1n) is 12.0. The minimum Gasteiger partial charge on any atom is -0.507 e. The Morgan fingerprint density at radius 1 is 1.13 bits per heavy atom. The highest BCUT2D eigenvalue weighted by Crippen LogP contribution is 2.44. The van der Waals surface area contributed by atoms with E-state index >= 15 is 0 Å². The van der Waals surface area contributed by atoms with Crippen molar-refractivity contribution in [1.29, 1.82) is 0 Å². The van der Waals surface area contributed by atoms with E-state index < -0.39 is 23.7 Å². The van der Waals surface area contributed by atoms with Crippen LogP contribution in [0.1, 0.15) is 51.9 Å². The van der Waals surface area contributed by atoms with Crippen LogP contribution >= 0.6 is 11.3 Å². The number of hydrogen-bond acceptors (Lipinski definition) is 8. The van der Waals surface area contributed by atoms with Crippen molar-refractivity contribution in [2.75, 3.05) is 11.5 Å². The number of Topliss-reactive ketones (excluding diaryl/α,β-unsaturated/α-hetero) is 1. The minimum atomic E-state index is -0.954. The number of carbonyl (C=O) groups is 3. The van der Waals surface area contributed by atoms with E-state index in [-0.39, 0.29) is 34.1 Å². The van der Waals surface area contributed by atoms with Crippen LogP contribution in [0.25, 0.3) is 5.76 Å². The van der Waals surface area contributed by atoms with Gasteiger partial charge in [-0.25, -0.2) is 9.78 Å². The van der Waals surface area contributed by atoms with Crippen molar-refractivity contribution < 1.29 is 29.0 Å². The van der Waals surface area contributed by atoms with Gasteiger partial charge in [0.25, 0.3) is 5.78 Å². The molecule has 1 aliphatic rings. The number of benzene rings is 2. The zero-order chi connectivity index (χ0) is 27.6. The van der Waals surface area contributed by atoms with E-state index in [0.717, 1.165) is 16.9 Å². The van der Waals surface area contributed by atoms with Crippen molar-refractivity contribution >= 4 is 39.9 Å². The molecule has 1 fully saturated rings. The van der Waals surface area contributed by atoms with Gasteiger partial charge < -0.3 is 14.6 Å². The molecule has 2 aromatic carbocycles. The van der Waals surface area contributed by atoms with E-state index in [4.69, 9.17) is 9.47 Å². The molecule has 0 spiro atoms. The van der Waals surface area contributed by atoms with Gasteiger partial charge in [-0.05, 0) is 57.5 Å². The number of amides is 1. The molecule has 0 saturated carbocycles. The van der Waals surface area contributed by atoms with E-state index in [1.807, 2.05) is 32.9 Å². The normalized spacial score (nSPS) is 16.7. The summed E-state index contributed by atoms with van der Waals surface area (Å²) in [5.41, 5.74) is 2.26. The fourth-order valence-corrected chi connectivity index (χ4v) is 5.08. The van der Waals surface area contributed by atoms with E-state index in [2.05, 4.69) is 11.6 Å². The molecule has 1 aromatic heterocycles. The summed E-state index contributed by atoms with van der Waals surface area (Å²) >= 11 is 0.952. The molecule has 3 aromatic rings. The Hall–Kier alpha value is -4.24. The van der Waals surface area contributed by atoms with Crippen LogP contribution in [0.15, 0.2) is 66.8 Å². The second-order valence-electron chi connectivity index (χ2n) is 9.07. The Morgan fingerprint density at radius 2 is 1.79 bits per heavy atom. The average molecular weight is 533 g/mol. The Kier molecular flexibility index (Phi) is 7.78. The van der Waals surface area contributed by atoms with Crippen LogP contribution in [0.5, 0.6) is 5.75 Å².